The smallest absolute Gasteiger partial charge is 0.263 e. The number of H-pyrrole nitrogens is 1. The van der Waals surface area contributed by atoms with E-state index in [2.05, 4.69) is 20.4 Å². The van der Waals surface area contributed by atoms with Crippen molar-refractivity contribution >= 4 is 22.9 Å². The third-order valence-electron chi connectivity index (χ3n) is 3.62. The monoisotopic (exact) mass is 340 g/mol. The van der Waals surface area contributed by atoms with Crippen LogP contribution in [0, 0.1) is 0 Å². The normalized spacial score (nSPS) is 11.0. The molecule has 130 valence electrons. The fraction of sp³-hybridized carbons (Fsp3) is 0.294. The number of likely N-dealkylation sites (N-methyl/N-ethyl adjacent to an activating group) is 1. The van der Waals surface area contributed by atoms with Gasteiger partial charge in [0.1, 0.15) is 5.39 Å². The summed E-state index contributed by atoms with van der Waals surface area (Å²) in [5.41, 5.74) is 0.959. The fourth-order valence-electron chi connectivity index (χ4n) is 2.50. The number of para-hydroxylation sites is 1. The first-order valence-corrected chi connectivity index (χ1v) is 7.99. The SMILES string of the molecule is CC(C)NC(=O)CN(C)c1nc2c(cnn2-c2ccccc2)c(=O)[nH]1. The number of amides is 1. The summed E-state index contributed by atoms with van der Waals surface area (Å²) in [6, 6.07) is 9.50. The van der Waals surface area contributed by atoms with Gasteiger partial charge in [0.2, 0.25) is 11.9 Å². The zero-order chi connectivity index (χ0) is 18.0. The van der Waals surface area contributed by atoms with Crippen LogP contribution in [0.2, 0.25) is 0 Å². The molecule has 0 saturated carbocycles. The number of hydrogen-bond donors (Lipinski definition) is 2. The van der Waals surface area contributed by atoms with Gasteiger partial charge in [-0.1, -0.05) is 18.2 Å². The number of carbonyl (C=O) groups excluding carboxylic acids is 1. The summed E-state index contributed by atoms with van der Waals surface area (Å²) in [6.07, 6.45) is 1.49. The molecule has 0 bridgehead atoms. The van der Waals surface area contributed by atoms with Crippen molar-refractivity contribution in [3.63, 3.8) is 0 Å². The van der Waals surface area contributed by atoms with E-state index in [9.17, 15) is 9.59 Å². The predicted octanol–water partition coefficient (Wildman–Crippen LogP) is 1.07. The Bertz CT molecular complexity index is 945. The van der Waals surface area contributed by atoms with Gasteiger partial charge < -0.3 is 10.2 Å². The van der Waals surface area contributed by atoms with Gasteiger partial charge in [0.15, 0.2) is 5.65 Å². The fourth-order valence-corrected chi connectivity index (χ4v) is 2.50. The van der Waals surface area contributed by atoms with Crippen molar-refractivity contribution in [2.24, 2.45) is 0 Å². The van der Waals surface area contributed by atoms with Crippen molar-refractivity contribution in [3.05, 3.63) is 46.9 Å². The molecule has 0 radical (unpaired) electrons. The Morgan fingerprint density at radius 3 is 2.72 bits per heavy atom. The van der Waals surface area contributed by atoms with Crippen molar-refractivity contribution in [1.29, 1.82) is 0 Å². The number of aromatic amines is 1. The summed E-state index contributed by atoms with van der Waals surface area (Å²) in [7, 11) is 1.70. The first kappa shape index (κ1) is 16.7. The quantitative estimate of drug-likeness (QED) is 0.724. The second kappa shape index (κ2) is 6.76. The van der Waals surface area contributed by atoms with E-state index in [1.165, 1.54) is 6.20 Å². The zero-order valence-corrected chi connectivity index (χ0v) is 14.4. The van der Waals surface area contributed by atoms with Gasteiger partial charge in [0.05, 0.1) is 18.4 Å². The minimum atomic E-state index is -0.293. The minimum Gasteiger partial charge on any atom is -0.352 e. The van der Waals surface area contributed by atoms with Gasteiger partial charge in [-0.2, -0.15) is 10.1 Å². The van der Waals surface area contributed by atoms with Crippen LogP contribution in [0.1, 0.15) is 13.8 Å². The molecule has 8 heteroatoms. The summed E-state index contributed by atoms with van der Waals surface area (Å²) in [4.78, 5) is 33.1. The molecule has 0 aliphatic rings. The number of anilines is 1. The van der Waals surface area contributed by atoms with E-state index >= 15 is 0 Å². The highest BCUT2D eigenvalue weighted by molar-refractivity contribution is 5.81. The summed E-state index contributed by atoms with van der Waals surface area (Å²) in [6.45, 7) is 3.87. The Kier molecular flexibility index (Phi) is 4.51. The molecule has 2 N–H and O–H groups in total. The van der Waals surface area contributed by atoms with Crippen molar-refractivity contribution in [2.45, 2.75) is 19.9 Å². The van der Waals surface area contributed by atoms with Crippen molar-refractivity contribution in [1.82, 2.24) is 25.1 Å². The van der Waals surface area contributed by atoms with Crippen LogP contribution in [0.15, 0.2) is 41.3 Å². The third-order valence-corrected chi connectivity index (χ3v) is 3.62. The van der Waals surface area contributed by atoms with E-state index < -0.39 is 0 Å². The van der Waals surface area contributed by atoms with E-state index in [0.717, 1.165) is 5.69 Å². The lowest BCUT2D eigenvalue weighted by Crippen LogP contribution is -2.39. The number of fused-ring (bicyclic) bond motifs is 1. The molecule has 25 heavy (non-hydrogen) atoms. The van der Waals surface area contributed by atoms with Crippen LogP contribution in [0.25, 0.3) is 16.7 Å². The second-order valence-corrected chi connectivity index (χ2v) is 6.10. The Hall–Kier alpha value is -3.16. The van der Waals surface area contributed by atoms with Gasteiger partial charge in [-0.05, 0) is 26.0 Å². The van der Waals surface area contributed by atoms with Crippen LogP contribution in [0.3, 0.4) is 0 Å². The molecule has 0 atom stereocenters. The molecule has 2 aromatic heterocycles. The lowest BCUT2D eigenvalue weighted by atomic mass is 10.3. The molecule has 8 nitrogen and oxygen atoms in total. The third kappa shape index (κ3) is 3.52. The molecule has 0 unspecified atom stereocenters. The molecule has 3 rings (SSSR count). The highest BCUT2D eigenvalue weighted by Gasteiger charge is 2.15. The molecule has 0 aliphatic heterocycles. The van der Waals surface area contributed by atoms with Gasteiger partial charge in [-0.3, -0.25) is 14.6 Å². The largest absolute Gasteiger partial charge is 0.352 e. The number of aromatic nitrogens is 4. The van der Waals surface area contributed by atoms with Crippen LogP contribution < -0.4 is 15.8 Å². The maximum absolute atomic E-state index is 12.3. The van der Waals surface area contributed by atoms with Gasteiger partial charge in [-0.25, -0.2) is 4.68 Å². The standard InChI is InChI=1S/C17H20N6O2/c1-11(2)19-14(24)10-22(3)17-20-15-13(16(25)21-17)9-18-23(15)12-7-5-4-6-8-12/h4-9,11H,10H2,1-3H3,(H,19,24)(H,20,21,25). The summed E-state index contributed by atoms with van der Waals surface area (Å²) < 4.78 is 1.61. The Labute approximate surface area is 144 Å². The second-order valence-electron chi connectivity index (χ2n) is 6.10. The average Bonchev–Trinajstić information content (AvgIpc) is 2.99. The Balaban J connectivity index is 1.98. The Morgan fingerprint density at radius 1 is 1.32 bits per heavy atom. The molecule has 3 aromatic rings. The van der Waals surface area contributed by atoms with Gasteiger partial charge in [0.25, 0.3) is 5.56 Å². The van der Waals surface area contributed by atoms with Crippen LogP contribution in [-0.4, -0.2) is 45.3 Å². The number of rotatable bonds is 5. The van der Waals surface area contributed by atoms with Crippen molar-refractivity contribution in [2.75, 3.05) is 18.5 Å². The number of nitrogens with zero attached hydrogens (tertiary/aromatic N) is 4. The number of benzene rings is 1. The molecule has 1 aromatic carbocycles. The molecule has 0 aliphatic carbocycles. The van der Waals surface area contributed by atoms with E-state index in [1.807, 2.05) is 44.2 Å². The molecule has 0 saturated heterocycles. The van der Waals surface area contributed by atoms with Gasteiger partial charge in [0, 0.05) is 13.1 Å². The van der Waals surface area contributed by atoms with Crippen molar-refractivity contribution in [3.8, 4) is 5.69 Å². The highest BCUT2D eigenvalue weighted by Crippen LogP contribution is 2.15. The number of hydrogen-bond acceptors (Lipinski definition) is 5. The van der Waals surface area contributed by atoms with E-state index in [0.29, 0.717) is 17.0 Å². The number of carbonyl (C=O) groups is 1. The van der Waals surface area contributed by atoms with Crippen LogP contribution in [0.4, 0.5) is 5.95 Å². The molecule has 0 spiro atoms. The van der Waals surface area contributed by atoms with Crippen molar-refractivity contribution < 1.29 is 4.79 Å². The van der Waals surface area contributed by atoms with E-state index in [4.69, 9.17) is 0 Å². The molecular formula is C17H20N6O2. The van der Waals surface area contributed by atoms with Crippen LogP contribution in [0.5, 0.6) is 0 Å². The Morgan fingerprint density at radius 2 is 2.04 bits per heavy atom. The summed E-state index contributed by atoms with van der Waals surface area (Å²) >= 11 is 0. The van der Waals surface area contributed by atoms with Gasteiger partial charge in [-0.15, -0.1) is 0 Å². The first-order chi connectivity index (χ1) is 12.0. The van der Waals surface area contributed by atoms with E-state index in [-0.39, 0.29) is 24.1 Å². The average molecular weight is 340 g/mol. The molecule has 1 amide bonds. The van der Waals surface area contributed by atoms with Gasteiger partial charge >= 0.3 is 0 Å². The zero-order valence-electron chi connectivity index (χ0n) is 14.4. The maximum Gasteiger partial charge on any atom is 0.263 e. The number of nitrogens with one attached hydrogen (secondary N) is 2. The molecule has 2 heterocycles. The van der Waals surface area contributed by atoms with E-state index in [1.54, 1.807) is 16.6 Å². The van der Waals surface area contributed by atoms with Crippen LogP contribution >= 0.6 is 0 Å². The lowest BCUT2D eigenvalue weighted by molar-refractivity contribution is -0.120. The lowest BCUT2D eigenvalue weighted by Gasteiger charge is -2.18. The minimum absolute atomic E-state index is 0.0508. The predicted molar refractivity (Wildman–Crippen MR) is 96.0 cm³/mol. The summed E-state index contributed by atoms with van der Waals surface area (Å²) in [5.74, 6) is 0.172. The first-order valence-electron chi connectivity index (χ1n) is 7.99. The highest BCUT2D eigenvalue weighted by atomic mass is 16.2. The topological polar surface area (TPSA) is 95.9 Å². The molecule has 0 fully saturated rings. The maximum atomic E-state index is 12.3. The molecular weight excluding hydrogens is 320 g/mol. The summed E-state index contributed by atoms with van der Waals surface area (Å²) in [5, 5.41) is 7.47. The van der Waals surface area contributed by atoms with Crippen LogP contribution in [-0.2, 0) is 4.79 Å².